The Morgan fingerprint density at radius 3 is 2.52 bits per heavy atom. The maximum absolute atomic E-state index is 12.7. The van der Waals surface area contributed by atoms with Gasteiger partial charge in [0, 0.05) is 13.1 Å². The van der Waals surface area contributed by atoms with Gasteiger partial charge in [-0.05, 0) is 40.5 Å². The van der Waals surface area contributed by atoms with Crippen molar-refractivity contribution >= 4 is 15.9 Å². The third kappa shape index (κ3) is 4.29. The van der Waals surface area contributed by atoms with Crippen molar-refractivity contribution in [1.82, 2.24) is 24.4 Å². The number of nitrogens with one attached hydrogen (secondary N) is 1. The summed E-state index contributed by atoms with van der Waals surface area (Å²) in [5, 5.41) is 4.41. The highest BCUT2D eigenvalue weighted by Gasteiger charge is 2.37. The predicted molar refractivity (Wildman–Crippen MR) is 86.4 cm³/mol. The van der Waals surface area contributed by atoms with Crippen LogP contribution in [-0.2, 0) is 14.8 Å². The predicted octanol–water partition coefficient (Wildman–Crippen LogP) is 0.386. The first-order valence-electron chi connectivity index (χ1n) is 7.68. The van der Waals surface area contributed by atoms with Gasteiger partial charge in [-0.1, -0.05) is 0 Å². The summed E-state index contributed by atoms with van der Waals surface area (Å²) in [5.74, 6) is 1.32. The Morgan fingerprint density at radius 1 is 1.35 bits per heavy atom. The van der Waals surface area contributed by atoms with Crippen molar-refractivity contribution in [2.24, 2.45) is 0 Å². The SMILES string of the molecule is Cc1nc(C)n(C2CCCN(C(=O)C(C)(C)NS(C)(=O)=O)C2)n1. The molecular formula is C14H25N5O3S. The van der Waals surface area contributed by atoms with Gasteiger partial charge in [0.2, 0.25) is 15.9 Å². The van der Waals surface area contributed by atoms with Crippen molar-refractivity contribution in [1.29, 1.82) is 0 Å². The second kappa shape index (κ2) is 6.20. The minimum Gasteiger partial charge on any atom is -0.339 e. The third-order valence-corrected chi connectivity index (χ3v) is 4.79. The number of nitrogens with zero attached hydrogens (tertiary/aromatic N) is 4. The van der Waals surface area contributed by atoms with E-state index in [9.17, 15) is 13.2 Å². The van der Waals surface area contributed by atoms with Crippen LogP contribution in [0, 0.1) is 13.8 Å². The Hall–Kier alpha value is -1.48. The molecule has 130 valence electrons. The molecule has 1 aliphatic rings. The first kappa shape index (κ1) is 17.9. The summed E-state index contributed by atoms with van der Waals surface area (Å²) in [6.07, 6.45) is 2.83. The lowest BCUT2D eigenvalue weighted by atomic mass is 10.0. The quantitative estimate of drug-likeness (QED) is 0.853. The molecule has 1 atom stereocenters. The molecule has 0 saturated carbocycles. The van der Waals surface area contributed by atoms with E-state index >= 15 is 0 Å². The smallest absolute Gasteiger partial charge is 0.243 e. The van der Waals surface area contributed by atoms with Gasteiger partial charge in [0.05, 0.1) is 12.3 Å². The van der Waals surface area contributed by atoms with Crippen LogP contribution < -0.4 is 4.72 Å². The van der Waals surface area contributed by atoms with Gasteiger partial charge in [-0.3, -0.25) is 4.79 Å². The lowest BCUT2D eigenvalue weighted by Gasteiger charge is -2.37. The molecule has 2 heterocycles. The molecule has 0 spiro atoms. The van der Waals surface area contributed by atoms with E-state index in [1.807, 2.05) is 18.5 Å². The van der Waals surface area contributed by atoms with E-state index in [1.165, 1.54) is 0 Å². The van der Waals surface area contributed by atoms with Gasteiger partial charge in [0.25, 0.3) is 0 Å². The molecule has 9 heteroatoms. The first-order valence-corrected chi connectivity index (χ1v) is 9.57. The van der Waals surface area contributed by atoms with Gasteiger partial charge in [-0.25, -0.2) is 22.8 Å². The zero-order chi connectivity index (χ0) is 17.4. The number of rotatable bonds is 4. The monoisotopic (exact) mass is 343 g/mol. The van der Waals surface area contributed by atoms with Crippen LogP contribution in [-0.4, -0.2) is 58.9 Å². The zero-order valence-corrected chi connectivity index (χ0v) is 15.1. The molecule has 0 aliphatic carbocycles. The summed E-state index contributed by atoms with van der Waals surface area (Å²) in [6.45, 7) is 8.05. The molecule has 1 N–H and O–H groups in total. The summed E-state index contributed by atoms with van der Waals surface area (Å²) >= 11 is 0. The Morgan fingerprint density at radius 2 is 2.00 bits per heavy atom. The molecule has 0 bridgehead atoms. The van der Waals surface area contributed by atoms with E-state index in [0.29, 0.717) is 18.9 Å². The fourth-order valence-electron chi connectivity index (χ4n) is 3.12. The topological polar surface area (TPSA) is 97.2 Å². The van der Waals surface area contributed by atoms with Crippen molar-refractivity contribution in [2.75, 3.05) is 19.3 Å². The van der Waals surface area contributed by atoms with Crippen molar-refractivity contribution in [3.8, 4) is 0 Å². The standard InChI is InChI=1S/C14H25N5O3S/c1-10-15-11(2)19(16-10)12-7-6-8-18(9-12)13(20)14(3,4)17-23(5,21)22/h12,17H,6-9H2,1-5H3. The number of amides is 1. The largest absolute Gasteiger partial charge is 0.339 e. The van der Waals surface area contributed by atoms with Crippen LogP contribution in [0.1, 0.15) is 44.4 Å². The minimum absolute atomic E-state index is 0.0722. The molecule has 0 radical (unpaired) electrons. The molecule has 1 aromatic heterocycles. The molecule has 1 unspecified atom stereocenters. The molecular weight excluding hydrogens is 318 g/mol. The number of piperidine rings is 1. The Labute approximate surface area is 137 Å². The number of sulfonamides is 1. The summed E-state index contributed by atoms with van der Waals surface area (Å²) in [6, 6.07) is 0.0722. The molecule has 1 aliphatic heterocycles. The highest BCUT2D eigenvalue weighted by Crippen LogP contribution is 2.24. The van der Waals surface area contributed by atoms with Crippen molar-refractivity contribution in [3.63, 3.8) is 0 Å². The van der Waals surface area contributed by atoms with E-state index in [-0.39, 0.29) is 11.9 Å². The number of carbonyl (C=O) groups is 1. The Balaban J connectivity index is 2.14. The summed E-state index contributed by atoms with van der Waals surface area (Å²) in [7, 11) is -3.46. The fraction of sp³-hybridized carbons (Fsp3) is 0.786. The van der Waals surface area contributed by atoms with Crippen LogP contribution in [0.4, 0.5) is 0 Å². The summed E-state index contributed by atoms with van der Waals surface area (Å²) in [4.78, 5) is 18.7. The normalized spacial score (nSPS) is 19.9. The van der Waals surface area contributed by atoms with Gasteiger partial charge < -0.3 is 4.90 Å². The molecule has 0 aromatic carbocycles. The van der Waals surface area contributed by atoms with E-state index in [0.717, 1.165) is 24.9 Å². The molecule has 1 saturated heterocycles. The molecule has 2 rings (SSSR count). The number of hydrogen-bond acceptors (Lipinski definition) is 5. The third-order valence-electron chi connectivity index (χ3n) is 3.91. The maximum atomic E-state index is 12.7. The number of hydrogen-bond donors (Lipinski definition) is 1. The average molecular weight is 343 g/mol. The average Bonchev–Trinajstić information content (AvgIpc) is 2.74. The van der Waals surface area contributed by atoms with Crippen molar-refractivity contribution in [3.05, 3.63) is 11.6 Å². The maximum Gasteiger partial charge on any atom is 0.243 e. The lowest BCUT2D eigenvalue weighted by Crippen LogP contribution is -2.57. The van der Waals surface area contributed by atoms with Gasteiger partial charge in [0.15, 0.2) is 0 Å². The molecule has 1 fully saturated rings. The fourth-order valence-corrected chi connectivity index (χ4v) is 4.14. The van der Waals surface area contributed by atoms with E-state index < -0.39 is 15.6 Å². The van der Waals surface area contributed by atoms with Gasteiger partial charge in [-0.15, -0.1) is 0 Å². The van der Waals surface area contributed by atoms with Crippen LogP contribution in [0.2, 0.25) is 0 Å². The number of aryl methyl sites for hydroxylation is 2. The Bertz CT molecular complexity index is 695. The molecule has 1 amide bonds. The summed E-state index contributed by atoms with van der Waals surface area (Å²) in [5.41, 5.74) is -1.16. The second-order valence-electron chi connectivity index (χ2n) is 6.70. The van der Waals surface area contributed by atoms with Gasteiger partial charge in [-0.2, -0.15) is 5.10 Å². The minimum atomic E-state index is -3.46. The molecule has 8 nitrogen and oxygen atoms in total. The van der Waals surface area contributed by atoms with Crippen LogP contribution >= 0.6 is 0 Å². The highest BCUT2D eigenvalue weighted by atomic mass is 32.2. The van der Waals surface area contributed by atoms with E-state index in [2.05, 4.69) is 14.8 Å². The van der Waals surface area contributed by atoms with Crippen LogP contribution in [0.15, 0.2) is 0 Å². The lowest BCUT2D eigenvalue weighted by molar-refractivity contribution is -0.138. The number of carbonyl (C=O) groups excluding carboxylic acids is 1. The molecule has 1 aromatic rings. The van der Waals surface area contributed by atoms with E-state index in [1.54, 1.807) is 18.7 Å². The van der Waals surface area contributed by atoms with Crippen LogP contribution in [0.5, 0.6) is 0 Å². The second-order valence-corrected chi connectivity index (χ2v) is 8.45. The van der Waals surface area contributed by atoms with E-state index in [4.69, 9.17) is 0 Å². The van der Waals surface area contributed by atoms with Crippen LogP contribution in [0.3, 0.4) is 0 Å². The summed E-state index contributed by atoms with van der Waals surface area (Å²) < 4.78 is 27.2. The Kier molecular flexibility index (Phi) is 4.81. The van der Waals surface area contributed by atoms with Crippen LogP contribution in [0.25, 0.3) is 0 Å². The van der Waals surface area contributed by atoms with Gasteiger partial charge in [0.1, 0.15) is 17.2 Å². The van der Waals surface area contributed by atoms with Gasteiger partial charge >= 0.3 is 0 Å². The zero-order valence-electron chi connectivity index (χ0n) is 14.3. The van der Waals surface area contributed by atoms with Crippen molar-refractivity contribution in [2.45, 2.75) is 52.1 Å². The number of aromatic nitrogens is 3. The van der Waals surface area contributed by atoms with Crippen molar-refractivity contribution < 1.29 is 13.2 Å². The first-order chi connectivity index (χ1) is 10.5. The number of likely N-dealkylation sites (tertiary alicyclic amines) is 1. The molecule has 23 heavy (non-hydrogen) atoms. The highest BCUT2D eigenvalue weighted by molar-refractivity contribution is 7.88.